The van der Waals surface area contributed by atoms with Crippen LogP contribution in [0.5, 0.6) is 0 Å². The van der Waals surface area contributed by atoms with Crippen LogP contribution in [0.15, 0.2) is 85.1 Å². The van der Waals surface area contributed by atoms with Crippen LogP contribution in [0, 0.1) is 23.2 Å². The maximum atomic E-state index is 14.0. The third-order valence-electron chi connectivity index (χ3n) is 15.5. The lowest BCUT2D eigenvalue weighted by atomic mass is 9.61. The van der Waals surface area contributed by atoms with Crippen molar-refractivity contribution in [3.05, 3.63) is 113 Å². The maximum absolute atomic E-state index is 14.0. The van der Waals surface area contributed by atoms with Gasteiger partial charge in [-0.05, 0) is 156 Å². The highest BCUT2D eigenvalue weighted by molar-refractivity contribution is 6.08. The van der Waals surface area contributed by atoms with Crippen molar-refractivity contribution in [2.24, 2.45) is 23.2 Å². The van der Waals surface area contributed by atoms with E-state index in [1.165, 1.54) is 30.4 Å². The molecule has 5 atom stereocenters. The molecule has 0 saturated heterocycles. The molecule has 4 amide bonds. The van der Waals surface area contributed by atoms with Gasteiger partial charge in [-0.15, -0.1) is 0 Å². The Balaban J connectivity index is 0.753. The first-order valence-corrected chi connectivity index (χ1v) is 26.1. The zero-order valence-corrected chi connectivity index (χ0v) is 42.4. The van der Waals surface area contributed by atoms with Gasteiger partial charge < -0.3 is 44.9 Å². The number of ether oxygens (including phenoxy) is 3. The van der Waals surface area contributed by atoms with Crippen LogP contribution in [0.2, 0.25) is 0 Å². The Bertz CT molecular complexity index is 2460. The lowest BCUT2D eigenvalue weighted by Gasteiger charge is -2.43. The van der Waals surface area contributed by atoms with Gasteiger partial charge >= 0.3 is 0 Å². The molecule has 4 aliphatic carbocycles. The summed E-state index contributed by atoms with van der Waals surface area (Å²) in [5.41, 5.74) is 6.29. The predicted molar refractivity (Wildman–Crippen MR) is 278 cm³/mol. The first kappa shape index (κ1) is 51.7. The Kier molecular flexibility index (Phi) is 17.9. The molecule has 8 rings (SSSR count). The standard InChI is InChI=1S/C57H75N7O7/c1-5-64(6-2)47-17-18-51(49(37-47)52-36-44(20-22-58-52)54(66)60-50-16-10-12-41-11-7-8-15-48(41)50)61-53(65)43-13-9-14-45(35-43)55(67)63(4)25-24-62(3)26-28-70-30-32-71-31-29-69-27-23-59-56(68)57-21-19-42-33-40(38-57)34-46(42)39-57/h7-9,11,13-15,17-18,20,22,35-37,40,42,46,50H,5-6,10,12,16,19,21,23-34,38-39H2,1-4H3,(H,59,68)(H,60,66)(H,61,65)/t40?,42?,46?,50-,57?/m0/s1. The minimum atomic E-state index is -0.369. The maximum Gasteiger partial charge on any atom is 0.255 e. The topological polar surface area (TPSA) is 155 Å². The average Bonchev–Trinajstić information content (AvgIpc) is 3.61. The lowest BCUT2D eigenvalue weighted by Crippen LogP contribution is -2.47. The van der Waals surface area contributed by atoms with Crippen molar-refractivity contribution in [3.8, 4) is 11.3 Å². The fourth-order valence-electron chi connectivity index (χ4n) is 11.6. The normalized spacial score (nSPS) is 20.9. The van der Waals surface area contributed by atoms with E-state index in [9.17, 15) is 19.2 Å². The number of carbonyl (C=O) groups is 4. The van der Waals surface area contributed by atoms with Gasteiger partial charge in [-0.3, -0.25) is 24.2 Å². The van der Waals surface area contributed by atoms with Crippen LogP contribution in [-0.4, -0.2) is 131 Å². The van der Waals surface area contributed by atoms with Gasteiger partial charge in [0.25, 0.3) is 17.7 Å². The zero-order valence-electron chi connectivity index (χ0n) is 42.4. The van der Waals surface area contributed by atoms with E-state index in [2.05, 4.69) is 51.7 Å². The van der Waals surface area contributed by atoms with Crippen LogP contribution < -0.4 is 20.9 Å². The quantitative estimate of drug-likeness (QED) is 0.0557. The number of aryl methyl sites for hydroxylation is 1. The fraction of sp³-hybridized carbons (Fsp3) is 0.526. The third-order valence-corrected chi connectivity index (χ3v) is 15.5. The number of fused-ring (bicyclic) bond motifs is 3. The number of anilines is 2. The molecule has 0 radical (unpaired) electrons. The van der Waals surface area contributed by atoms with Crippen LogP contribution in [-0.2, 0) is 25.4 Å². The highest BCUT2D eigenvalue weighted by Crippen LogP contribution is 2.60. The van der Waals surface area contributed by atoms with Crippen molar-refractivity contribution in [2.45, 2.75) is 77.7 Å². The molecule has 3 saturated carbocycles. The lowest BCUT2D eigenvalue weighted by molar-refractivity contribution is -0.137. The average molecular weight is 970 g/mol. The van der Waals surface area contributed by atoms with Crippen LogP contribution >= 0.6 is 0 Å². The van der Waals surface area contributed by atoms with Crippen molar-refractivity contribution in [2.75, 3.05) is 103 Å². The molecule has 14 heteroatoms. The van der Waals surface area contributed by atoms with E-state index in [0.717, 1.165) is 75.1 Å². The number of likely N-dealkylation sites (N-methyl/N-ethyl adjacent to an activating group) is 2. The van der Waals surface area contributed by atoms with E-state index in [1.54, 1.807) is 54.5 Å². The summed E-state index contributed by atoms with van der Waals surface area (Å²) < 4.78 is 17.2. The van der Waals surface area contributed by atoms with Gasteiger partial charge in [0, 0.05) is 85.9 Å². The summed E-state index contributed by atoms with van der Waals surface area (Å²) in [5, 5.41) is 9.51. The van der Waals surface area contributed by atoms with Crippen molar-refractivity contribution >= 4 is 35.0 Å². The first-order valence-electron chi connectivity index (χ1n) is 26.1. The second kappa shape index (κ2) is 24.6. The summed E-state index contributed by atoms with van der Waals surface area (Å²) >= 11 is 0. The van der Waals surface area contributed by atoms with Crippen molar-refractivity contribution < 1.29 is 33.4 Å². The molecule has 0 aliphatic heterocycles. The van der Waals surface area contributed by atoms with E-state index in [-0.39, 0.29) is 35.1 Å². The molecule has 1 heterocycles. The minimum absolute atomic E-state index is 0.0662. The summed E-state index contributed by atoms with van der Waals surface area (Å²) in [6.07, 6.45) is 11.6. The number of nitrogens with one attached hydrogen (secondary N) is 3. The zero-order chi connectivity index (χ0) is 49.7. The van der Waals surface area contributed by atoms with E-state index in [0.29, 0.717) is 99.5 Å². The molecule has 4 unspecified atom stereocenters. The largest absolute Gasteiger partial charge is 0.378 e. The number of pyridine rings is 1. The second-order valence-corrected chi connectivity index (χ2v) is 20.2. The number of carbonyl (C=O) groups excluding carboxylic acids is 4. The minimum Gasteiger partial charge on any atom is -0.378 e. The summed E-state index contributed by atoms with van der Waals surface area (Å²) in [7, 11) is 3.76. The van der Waals surface area contributed by atoms with Crippen LogP contribution in [0.3, 0.4) is 0 Å². The van der Waals surface area contributed by atoms with E-state index < -0.39 is 0 Å². The van der Waals surface area contributed by atoms with Gasteiger partial charge in [0.15, 0.2) is 0 Å². The molecule has 3 fully saturated rings. The van der Waals surface area contributed by atoms with E-state index >= 15 is 0 Å². The molecule has 0 spiro atoms. The Morgan fingerprint density at radius 3 is 2.30 bits per heavy atom. The number of amides is 4. The Morgan fingerprint density at radius 2 is 1.48 bits per heavy atom. The van der Waals surface area contributed by atoms with Gasteiger partial charge in [0.05, 0.1) is 57.1 Å². The van der Waals surface area contributed by atoms with Gasteiger partial charge in [-0.2, -0.15) is 0 Å². The number of benzene rings is 3. The van der Waals surface area contributed by atoms with Gasteiger partial charge in [-0.1, -0.05) is 30.3 Å². The predicted octanol–water partition coefficient (Wildman–Crippen LogP) is 8.04. The highest BCUT2D eigenvalue weighted by atomic mass is 16.5. The fourth-order valence-corrected chi connectivity index (χ4v) is 11.6. The van der Waals surface area contributed by atoms with Crippen molar-refractivity contribution in [3.63, 3.8) is 0 Å². The van der Waals surface area contributed by atoms with E-state index in [4.69, 9.17) is 19.2 Å². The monoisotopic (exact) mass is 970 g/mol. The summed E-state index contributed by atoms with van der Waals surface area (Å²) in [4.78, 5) is 65.1. The molecular formula is C57H75N7O7. The first-order chi connectivity index (χ1) is 34.5. The van der Waals surface area contributed by atoms with Gasteiger partial charge in [0.1, 0.15) is 0 Å². The second-order valence-electron chi connectivity index (χ2n) is 20.2. The molecular weight excluding hydrogens is 895 g/mol. The third kappa shape index (κ3) is 13.1. The molecule has 14 nitrogen and oxygen atoms in total. The molecule has 3 N–H and O–H groups in total. The molecule has 3 bridgehead atoms. The Labute approximate surface area is 420 Å². The number of hydrogen-bond donors (Lipinski definition) is 3. The molecule has 4 aromatic rings. The highest BCUT2D eigenvalue weighted by Gasteiger charge is 2.54. The molecule has 4 aliphatic rings. The van der Waals surface area contributed by atoms with Crippen LogP contribution in [0.4, 0.5) is 11.4 Å². The molecule has 71 heavy (non-hydrogen) atoms. The van der Waals surface area contributed by atoms with Crippen LogP contribution in [0.25, 0.3) is 11.3 Å². The van der Waals surface area contributed by atoms with Crippen molar-refractivity contribution in [1.29, 1.82) is 0 Å². The van der Waals surface area contributed by atoms with Crippen molar-refractivity contribution in [1.82, 2.24) is 25.4 Å². The summed E-state index contributed by atoms with van der Waals surface area (Å²) in [6, 6.07) is 24.3. The van der Waals surface area contributed by atoms with Gasteiger partial charge in [0.2, 0.25) is 5.91 Å². The number of rotatable bonds is 25. The van der Waals surface area contributed by atoms with E-state index in [1.807, 2.05) is 37.4 Å². The number of aromatic nitrogens is 1. The molecule has 3 aromatic carbocycles. The Hall–Kier alpha value is -5.67. The summed E-state index contributed by atoms with van der Waals surface area (Å²) in [6.45, 7) is 11.0. The van der Waals surface area contributed by atoms with Crippen LogP contribution in [0.1, 0.15) is 113 Å². The number of nitrogens with zero attached hydrogens (tertiary/aromatic N) is 4. The Morgan fingerprint density at radius 1 is 0.732 bits per heavy atom. The number of hydrogen-bond acceptors (Lipinski definition) is 10. The smallest absolute Gasteiger partial charge is 0.255 e. The van der Waals surface area contributed by atoms with Gasteiger partial charge in [-0.25, -0.2) is 0 Å². The summed E-state index contributed by atoms with van der Waals surface area (Å²) in [5.74, 6) is 1.91. The molecule has 380 valence electrons. The molecule has 1 aromatic heterocycles. The SMILES string of the molecule is CCN(CC)c1ccc(NC(=O)c2cccc(C(=O)N(C)CCN(C)CCOCCOCCOCCNC(=O)C34CCC5CC(CC5C3)C4)c2)c(-c2cc(C(=O)N[C@H]3CCCc4ccccc43)ccn2)c1.